The molecule has 0 aliphatic carbocycles. The highest BCUT2D eigenvalue weighted by molar-refractivity contribution is 5.60. The van der Waals surface area contributed by atoms with Crippen molar-refractivity contribution in [2.24, 2.45) is 0 Å². The molecule has 2 aromatic rings. The maximum Gasteiger partial charge on any atom is 0.169 e. The van der Waals surface area contributed by atoms with E-state index in [9.17, 15) is 4.39 Å². The molecule has 78 valence electrons. The van der Waals surface area contributed by atoms with Crippen LogP contribution in [0.15, 0.2) is 30.5 Å². The second kappa shape index (κ2) is 3.73. The summed E-state index contributed by atoms with van der Waals surface area (Å²) in [6.07, 6.45) is 1.36. The normalized spacial score (nSPS) is 10.5. The minimum Gasteiger partial charge on any atom is -0.508 e. The van der Waals surface area contributed by atoms with Gasteiger partial charge in [-0.25, -0.2) is 4.39 Å². The third-order valence-corrected chi connectivity index (χ3v) is 2.18. The fraction of sp³-hybridized carbons (Fsp3) is 0.182. The van der Waals surface area contributed by atoms with Gasteiger partial charge >= 0.3 is 0 Å². The molecule has 0 spiro atoms. The van der Waals surface area contributed by atoms with Gasteiger partial charge in [-0.05, 0) is 31.2 Å². The van der Waals surface area contributed by atoms with Gasteiger partial charge < -0.3 is 5.11 Å². The number of phenols is 1. The Balaban J connectivity index is 2.44. The van der Waals surface area contributed by atoms with E-state index in [0.29, 0.717) is 17.8 Å². The first-order chi connectivity index (χ1) is 7.20. The Kier molecular flexibility index (Phi) is 2.41. The minimum absolute atomic E-state index is 0.161. The molecule has 0 saturated heterocycles. The van der Waals surface area contributed by atoms with Crippen molar-refractivity contribution in [2.75, 3.05) is 0 Å². The van der Waals surface area contributed by atoms with Crippen LogP contribution in [0, 0.1) is 5.82 Å². The molecule has 0 atom stereocenters. The summed E-state index contributed by atoms with van der Waals surface area (Å²) in [5.41, 5.74) is 0.981. The van der Waals surface area contributed by atoms with E-state index in [2.05, 4.69) is 5.10 Å². The first-order valence-electron chi connectivity index (χ1n) is 4.73. The van der Waals surface area contributed by atoms with E-state index in [1.165, 1.54) is 23.0 Å². The summed E-state index contributed by atoms with van der Waals surface area (Å²) in [5.74, 6) is -0.184. The lowest BCUT2D eigenvalue weighted by Gasteiger charge is -1.97. The molecule has 0 fully saturated rings. The molecule has 15 heavy (non-hydrogen) atoms. The number of phenolic OH excluding ortho intramolecular Hbond substituents is 1. The van der Waals surface area contributed by atoms with Gasteiger partial charge in [0.15, 0.2) is 5.82 Å². The fourth-order valence-electron chi connectivity index (χ4n) is 1.37. The number of aryl methyl sites for hydroxylation is 1. The zero-order valence-corrected chi connectivity index (χ0v) is 8.31. The van der Waals surface area contributed by atoms with Gasteiger partial charge in [0.1, 0.15) is 11.4 Å². The molecule has 3 nitrogen and oxygen atoms in total. The highest BCUT2D eigenvalue weighted by Crippen LogP contribution is 2.22. The van der Waals surface area contributed by atoms with Gasteiger partial charge in [-0.1, -0.05) is 0 Å². The quantitative estimate of drug-likeness (QED) is 0.819. The van der Waals surface area contributed by atoms with E-state index in [-0.39, 0.29) is 11.6 Å². The van der Waals surface area contributed by atoms with Crippen LogP contribution in [-0.2, 0) is 6.54 Å². The molecular formula is C11H11FN2O. The summed E-state index contributed by atoms with van der Waals surface area (Å²) in [6, 6.07) is 6.31. The number of hydrogen-bond acceptors (Lipinski definition) is 2. The lowest BCUT2D eigenvalue weighted by atomic mass is 10.1. The summed E-state index contributed by atoms with van der Waals surface area (Å²) in [7, 11) is 0. The van der Waals surface area contributed by atoms with Crippen LogP contribution in [0.1, 0.15) is 6.92 Å². The second-order valence-corrected chi connectivity index (χ2v) is 3.23. The van der Waals surface area contributed by atoms with Gasteiger partial charge in [-0.15, -0.1) is 0 Å². The molecule has 0 aliphatic heterocycles. The lowest BCUT2D eigenvalue weighted by Crippen LogP contribution is -1.93. The molecule has 1 aromatic carbocycles. The molecule has 1 N–H and O–H groups in total. The molecule has 0 bridgehead atoms. The summed E-state index contributed by atoms with van der Waals surface area (Å²) in [6.45, 7) is 2.53. The van der Waals surface area contributed by atoms with Gasteiger partial charge in [-0.2, -0.15) is 5.10 Å². The number of benzene rings is 1. The Morgan fingerprint density at radius 3 is 2.53 bits per heavy atom. The van der Waals surface area contributed by atoms with Gasteiger partial charge in [-0.3, -0.25) is 4.68 Å². The highest BCUT2D eigenvalue weighted by Gasteiger charge is 2.09. The average molecular weight is 206 g/mol. The van der Waals surface area contributed by atoms with Crippen molar-refractivity contribution in [3.63, 3.8) is 0 Å². The standard InChI is InChI=1S/C11H11FN2O/c1-2-14-7-10(12)11(13-14)8-3-5-9(15)6-4-8/h3-7,15H,2H2,1H3. The Hall–Kier alpha value is -1.84. The van der Waals surface area contributed by atoms with Crippen molar-refractivity contribution in [1.82, 2.24) is 9.78 Å². The first-order valence-corrected chi connectivity index (χ1v) is 4.73. The van der Waals surface area contributed by atoms with E-state index >= 15 is 0 Å². The molecule has 1 aromatic heterocycles. The summed E-state index contributed by atoms with van der Waals surface area (Å²) >= 11 is 0. The largest absolute Gasteiger partial charge is 0.508 e. The highest BCUT2D eigenvalue weighted by atomic mass is 19.1. The molecule has 0 saturated carbocycles. The van der Waals surface area contributed by atoms with Crippen LogP contribution >= 0.6 is 0 Å². The van der Waals surface area contributed by atoms with Crippen molar-refractivity contribution in [3.05, 3.63) is 36.3 Å². The molecular weight excluding hydrogens is 195 g/mol. The summed E-state index contributed by atoms with van der Waals surface area (Å²) in [4.78, 5) is 0. The van der Waals surface area contributed by atoms with E-state index < -0.39 is 0 Å². The number of aromatic nitrogens is 2. The number of halogens is 1. The third-order valence-electron chi connectivity index (χ3n) is 2.18. The maximum atomic E-state index is 13.4. The van der Waals surface area contributed by atoms with E-state index in [4.69, 9.17) is 5.11 Å². The summed E-state index contributed by atoms with van der Waals surface area (Å²) in [5, 5.41) is 13.2. The zero-order valence-electron chi connectivity index (χ0n) is 8.31. The van der Waals surface area contributed by atoms with Crippen LogP contribution in [0.5, 0.6) is 5.75 Å². The van der Waals surface area contributed by atoms with Crippen LogP contribution in [0.3, 0.4) is 0 Å². The monoisotopic (exact) mass is 206 g/mol. The Morgan fingerprint density at radius 2 is 2.00 bits per heavy atom. The van der Waals surface area contributed by atoms with Crippen molar-refractivity contribution in [2.45, 2.75) is 13.5 Å². The smallest absolute Gasteiger partial charge is 0.169 e. The van der Waals surface area contributed by atoms with Crippen LogP contribution in [0.4, 0.5) is 4.39 Å². The van der Waals surface area contributed by atoms with Crippen molar-refractivity contribution < 1.29 is 9.50 Å². The number of hydrogen-bond donors (Lipinski definition) is 1. The van der Waals surface area contributed by atoms with Gasteiger partial charge in [0, 0.05) is 12.1 Å². The van der Waals surface area contributed by atoms with Gasteiger partial charge in [0.2, 0.25) is 0 Å². The van der Waals surface area contributed by atoms with Crippen molar-refractivity contribution >= 4 is 0 Å². The Morgan fingerprint density at radius 1 is 1.33 bits per heavy atom. The molecule has 0 aliphatic rings. The number of rotatable bonds is 2. The van der Waals surface area contributed by atoms with Crippen LogP contribution in [0.25, 0.3) is 11.3 Å². The van der Waals surface area contributed by atoms with Gasteiger partial charge in [0.05, 0.1) is 6.20 Å². The predicted molar refractivity (Wildman–Crippen MR) is 55.0 cm³/mol. The predicted octanol–water partition coefficient (Wildman–Crippen LogP) is 2.41. The maximum absolute atomic E-state index is 13.4. The molecule has 1 heterocycles. The van der Waals surface area contributed by atoms with E-state index in [0.717, 1.165) is 0 Å². The van der Waals surface area contributed by atoms with Crippen LogP contribution < -0.4 is 0 Å². The molecule has 0 unspecified atom stereocenters. The molecule has 0 radical (unpaired) electrons. The number of aromatic hydroxyl groups is 1. The minimum atomic E-state index is -0.345. The topological polar surface area (TPSA) is 38.0 Å². The van der Waals surface area contributed by atoms with Crippen molar-refractivity contribution in [1.29, 1.82) is 0 Å². The molecule has 0 amide bonds. The molecule has 2 rings (SSSR count). The average Bonchev–Trinajstić information content (AvgIpc) is 2.61. The van der Waals surface area contributed by atoms with Crippen molar-refractivity contribution in [3.8, 4) is 17.0 Å². The molecule has 4 heteroatoms. The summed E-state index contributed by atoms with van der Waals surface area (Å²) < 4.78 is 15.0. The van der Waals surface area contributed by atoms with Crippen LogP contribution in [-0.4, -0.2) is 14.9 Å². The van der Waals surface area contributed by atoms with E-state index in [1.54, 1.807) is 12.1 Å². The van der Waals surface area contributed by atoms with Gasteiger partial charge in [0.25, 0.3) is 0 Å². The lowest BCUT2D eigenvalue weighted by molar-refractivity contribution is 0.475. The Labute approximate surface area is 86.8 Å². The zero-order chi connectivity index (χ0) is 10.8. The second-order valence-electron chi connectivity index (χ2n) is 3.23. The van der Waals surface area contributed by atoms with Crippen LogP contribution in [0.2, 0.25) is 0 Å². The Bertz CT molecular complexity index is 462. The SMILES string of the molecule is CCn1cc(F)c(-c2ccc(O)cc2)n1. The number of nitrogens with zero attached hydrogens (tertiary/aromatic N) is 2. The fourth-order valence-corrected chi connectivity index (χ4v) is 1.37. The third kappa shape index (κ3) is 1.83. The van der Waals surface area contributed by atoms with E-state index in [1.807, 2.05) is 6.92 Å². The first kappa shape index (κ1) is 9.71.